The summed E-state index contributed by atoms with van der Waals surface area (Å²) in [5, 5.41) is 16.4. The van der Waals surface area contributed by atoms with E-state index in [1.165, 1.54) is 0 Å². The van der Waals surface area contributed by atoms with E-state index < -0.39 is 5.97 Å². The Morgan fingerprint density at radius 3 is 3.00 bits per heavy atom. The highest BCUT2D eigenvalue weighted by Gasteiger charge is 2.10. The Labute approximate surface area is 85.8 Å². The number of hydrogen-bond acceptors (Lipinski definition) is 3. The van der Waals surface area contributed by atoms with Crippen molar-refractivity contribution in [3.05, 3.63) is 35.9 Å². The summed E-state index contributed by atoms with van der Waals surface area (Å²) in [7, 11) is 1.77. The highest BCUT2D eigenvalue weighted by molar-refractivity contribution is 5.85. The van der Waals surface area contributed by atoms with Gasteiger partial charge < -0.3 is 9.67 Å². The van der Waals surface area contributed by atoms with E-state index in [2.05, 4.69) is 10.3 Å². The summed E-state index contributed by atoms with van der Waals surface area (Å²) in [5.74, 6) is -0.935. The average Bonchev–Trinajstić information content (AvgIpc) is 2.77. The van der Waals surface area contributed by atoms with Crippen LogP contribution in [0, 0.1) is 0 Å². The number of aromatic nitrogens is 4. The second-order valence-electron chi connectivity index (χ2n) is 3.18. The third-order valence-electron chi connectivity index (χ3n) is 2.19. The Kier molecular flexibility index (Phi) is 2.24. The summed E-state index contributed by atoms with van der Waals surface area (Å²) in [5.41, 5.74) is 1.12. The Morgan fingerprint density at radius 2 is 2.40 bits per heavy atom. The van der Waals surface area contributed by atoms with Gasteiger partial charge in [-0.3, -0.25) is 4.68 Å². The lowest BCUT2D eigenvalue weighted by Gasteiger charge is -2.05. The molecule has 0 saturated carbocycles. The zero-order valence-electron chi connectivity index (χ0n) is 8.16. The number of rotatable bonds is 3. The third kappa shape index (κ3) is 1.74. The molecule has 6 nitrogen and oxygen atoms in total. The summed E-state index contributed by atoms with van der Waals surface area (Å²) >= 11 is 0. The maximum atomic E-state index is 10.8. The van der Waals surface area contributed by atoms with Gasteiger partial charge >= 0.3 is 5.97 Å². The fraction of sp³-hybridized carbons (Fsp3) is 0.222. The van der Waals surface area contributed by atoms with Crippen LogP contribution in [-0.2, 0) is 13.6 Å². The lowest BCUT2D eigenvalue weighted by Crippen LogP contribution is -2.10. The molecule has 0 saturated heterocycles. The van der Waals surface area contributed by atoms with E-state index in [1.54, 1.807) is 40.8 Å². The summed E-state index contributed by atoms with van der Waals surface area (Å²) in [6.45, 7) is 0.456. The molecular formula is C9H10N4O2. The van der Waals surface area contributed by atoms with Gasteiger partial charge in [-0.05, 0) is 12.1 Å². The van der Waals surface area contributed by atoms with Crippen LogP contribution in [0.15, 0.2) is 24.5 Å². The first-order valence-electron chi connectivity index (χ1n) is 4.40. The van der Waals surface area contributed by atoms with Crippen molar-refractivity contribution in [2.24, 2.45) is 7.05 Å². The highest BCUT2D eigenvalue weighted by Crippen LogP contribution is 2.06. The zero-order chi connectivity index (χ0) is 10.8. The van der Waals surface area contributed by atoms with Crippen LogP contribution in [0.1, 0.15) is 16.2 Å². The Morgan fingerprint density at radius 1 is 1.60 bits per heavy atom. The molecular weight excluding hydrogens is 196 g/mol. The predicted molar refractivity (Wildman–Crippen MR) is 51.5 cm³/mol. The average molecular weight is 206 g/mol. The standard InChI is InChI=1S/C9H10N4O2/c1-12-7(5-10-11-12)6-13-4-2-3-8(13)9(14)15/h2-5H,6H2,1H3,(H,14,15). The molecule has 0 aliphatic heterocycles. The van der Waals surface area contributed by atoms with Crippen molar-refractivity contribution in [3.8, 4) is 0 Å². The molecule has 2 aromatic rings. The van der Waals surface area contributed by atoms with Gasteiger partial charge in [0.25, 0.3) is 0 Å². The van der Waals surface area contributed by atoms with Crippen LogP contribution in [0.2, 0.25) is 0 Å². The molecule has 2 aromatic heterocycles. The Bertz CT molecular complexity index is 486. The lowest BCUT2D eigenvalue weighted by molar-refractivity contribution is 0.0685. The van der Waals surface area contributed by atoms with E-state index in [9.17, 15) is 4.79 Å². The smallest absolute Gasteiger partial charge is 0.352 e. The van der Waals surface area contributed by atoms with E-state index in [-0.39, 0.29) is 5.69 Å². The molecule has 0 aliphatic rings. The predicted octanol–water partition coefficient (Wildman–Crippen LogP) is 0.363. The van der Waals surface area contributed by atoms with Gasteiger partial charge in [0.1, 0.15) is 5.69 Å². The van der Waals surface area contributed by atoms with Gasteiger partial charge in [-0.25, -0.2) is 4.79 Å². The normalized spacial score (nSPS) is 10.5. The molecule has 1 N–H and O–H groups in total. The number of hydrogen-bond donors (Lipinski definition) is 1. The summed E-state index contributed by atoms with van der Waals surface area (Å²) in [6.07, 6.45) is 3.34. The van der Waals surface area contributed by atoms with Crippen LogP contribution < -0.4 is 0 Å². The number of aryl methyl sites for hydroxylation is 1. The number of carbonyl (C=O) groups is 1. The van der Waals surface area contributed by atoms with Crippen molar-refractivity contribution in [1.29, 1.82) is 0 Å². The molecule has 0 atom stereocenters. The first-order chi connectivity index (χ1) is 7.18. The SMILES string of the molecule is Cn1nncc1Cn1cccc1C(=O)O. The largest absolute Gasteiger partial charge is 0.477 e. The number of carboxylic acid groups (broad SMARTS) is 1. The minimum atomic E-state index is -0.935. The molecule has 78 valence electrons. The molecule has 0 bridgehead atoms. The molecule has 0 spiro atoms. The van der Waals surface area contributed by atoms with Crippen molar-refractivity contribution in [3.63, 3.8) is 0 Å². The summed E-state index contributed by atoms with van der Waals surface area (Å²) in [4.78, 5) is 10.8. The van der Waals surface area contributed by atoms with Crippen molar-refractivity contribution in [2.45, 2.75) is 6.54 Å². The molecule has 2 rings (SSSR count). The number of aromatic carboxylic acids is 1. The number of carboxylic acids is 1. The molecule has 0 radical (unpaired) electrons. The van der Waals surface area contributed by atoms with Crippen LogP contribution in [0.3, 0.4) is 0 Å². The van der Waals surface area contributed by atoms with E-state index in [0.29, 0.717) is 6.54 Å². The minimum Gasteiger partial charge on any atom is -0.477 e. The van der Waals surface area contributed by atoms with E-state index >= 15 is 0 Å². The first-order valence-corrected chi connectivity index (χ1v) is 4.40. The topological polar surface area (TPSA) is 72.9 Å². The quantitative estimate of drug-likeness (QED) is 0.787. The molecule has 6 heteroatoms. The monoisotopic (exact) mass is 206 g/mol. The molecule has 2 heterocycles. The second kappa shape index (κ2) is 3.56. The fourth-order valence-corrected chi connectivity index (χ4v) is 1.37. The Hall–Kier alpha value is -2.11. The molecule has 0 unspecified atom stereocenters. The van der Waals surface area contributed by atoms with Crippen molar-refractivity contribution >= 4 is 5.97 Å². The highest BCUT2D eigenvalue weighted by atomic mass is 16.4. The molecule has 0 aliphatic carbocycles. The van der Waals surface area contributed by atoms with E-state index in [4.69, 9.17) is 5.11 Å². The van der Waals surface area contributed by atoms with Crippen molar-refractivity contribution in [2.75, 3.05) is 0 Å². The molecule has 0 aromatic carbocycles. The second-order valence-corrected chi connectivity index (χ2v) is 3.18. The minimum absolute atomic E-state index is 0.260. The van der Waals surface area contributed by atoms with Crippen LogP contribution in [0.5, 0.6) is 0 Å². The van der Waals surface area contributed by atoms with Crippen LogP contribution in [0.25, 0.3) is 0 Å². The van der Waals surface area contributed by atoms with E-state index in [0.717, 1.165) is 5.69 Å². The van der Waals surface area contributed by atoms with Crippen LogP contribution >= 0.6 is 0 Å². The zero-order valence-corrected chi connectivity index (χ0v) is 8.16. The van der Waals surface area contributed by atoms with Gasteiger partial charge in [0.05, 0.1) is 18.4 Å². The maximum absolute atomic E-state index is 10.8. The van der Waals surface area contributed by atoms with Crippen molar-refractivity contribution in [1.82, 2.24) is 19.6 Å². The van der Waals surface area contributed by atoms with Crippen LogP contribution in [0.4, 0.5) is 0 Å². The Balaban J connectivity index is 2.28. The maximum Gasteiger partial charge on any atom is 0.352 e. The summed E-state index contributed by atoms with van der Waals surface area (Å²) in [6, 6.07) is 3.26. The van der Waals surface area contributed by atoms with Gasteiger partial charge in [-0.15, -0.1) is 5.10 Å². The van der Waals surface area contributed by atoms with E-state index in [1.807, 2.05) is 0 Å². The van der Waals surface area contributed by atoms with Gasteiger partial charge in [-0.2, -0.15) is 0 Å². The van der Waals surface area contributed by atoms with Gasteiger partial charge in [0, 0.05) is 13.2 Å². The van der Waals surface area contributed by atoms with Crippen molar-refractivity contribution < 1.29 is 9.90 Å². The molecule has 15 heavy (non-hydrogen) atoms. The van der Waals surface area contributed by atoms with Gasteiger partial charge in [-0.1, -0.05) is 5.21 Å². The molecule has 0 fully saturated rings. The third-order valence-corrected chi connectivity index (χ3v) is 2.19. The van der Waals surface area contributed by atoms with Gasteiger partial charge in [0.15, 0.2) is 0 Å². The van der Waals surface area contributed by atoms with Crippen LogP contribution in [-0.4, -0.2) is 30.6 Å². The summed E-state index contributed by atoms with van der Waals surface area (Å²) < 4.78 is 3.26. The first kappa shape index (κ1) is 9.45. The lowest BCUT2D eigenvalue weighted by atomic mass is 10.4. The number of nitrogens with zero attached hydrogens (tertiary/aromatic N) is 4. The fourth-order valence-electron chi connectivity index (χ4n) is 1.37. The molecule has 0 amide bonds. The van der Waals surface area contributed by atoms with Gasteiger partial charge in [0.2, 0.25) is 0 Å².